The summed E-state index contributed by atoms with van der Waals surface area (Å²) in [7, 11) is 0. The summed E-state index contributed by atoms with van der Waals surface area (Å²) < 4.78 is 19.2. The molecule has 6 nitrogen and oxygen atoms in total. The maximum atomic E-state index is 13.6. The van der Waals surface area contributed by atoms with Gasteiger partial charge in [0.05, 0.1) is 12.1 Å². The van der Waals surface area contributed by atoms with E-state index < -0.39 is 17.5 Å². The summed E-state index contributed by atoms with van der Waals surface area (Å²) in [6.07, 6.45) is 2.41. The van der Waals surface area contributed by atoms with Crippen LogP contribution in [0.5, 0.6) is 17.4 Å². The van der Waals surface area contributed by atoms with Crippen molar-refractivity contribution < 1.29 is 24.1 Å². The van der Waals surface area contributed by atoms with Crippen LogP contribution in [0.3, 0.4) is 0 Å². The molecule has 1 aromatic carbocycles. The van der Waals surface area contributed by atoms with Crippen molar-refractivity contribution in [2.75, 3.05) is 13.1 Å². The Morgan fingerprint density at radius 1 is 1.29 bits per heavy atom. The second-order valence-electron chi connectivity index (χ2n) is 5.60. The molecule has 0 spiro atoms. The largest absolute Gasteiger partial charge is 0.504 e. The Balaban J connectivity index is 1.72. The van der Waals surface area contributed by atoms with E-state index in [0.717, 1.165) is 0 Å². The molecule has 2 N–H and O–H groups in total. The van der Waals surface area contributed by atoms with Crippen LogP contribution < -0.4 is 4.74 Å². The number of piperidine rings is 1. The lowest BCUT2D eigenvalue weighted by atomic mass is 10.1. The van der Waals surface area contributed by atoms with E-state index in [9.17, 15) is 19.4 Å². The number of rotatable bonds is 3. The number of hydrogen-bond acceptors (Lipinski definition) is 5. The Morgan fingerprint density at radius 2 is 2.12 bits per heavy atom. The number of para-hydroxylation sites is 1. The van der Waals surface area contributed by atoms with E-state index in [1.54, 1.807) is 0 Å². The van der Waals surface area contributed by atoms with Gasteiger partial charge in [-0.3, -0.25) is 4.79 Å². The highest BCUT2D eigenvalue weighted by Crippen LogP contribution is 2.30. The fourth-order valence-corrected chi connectivity index (χ4v) is 2.71. The smallest absolute Gasteiger partial charge is 0.257 e. The number of halogens is 1. The summed E-state index contributed by atoms with van der Waals surface area (Å²) in [5.74, 6) is -1.83. The second-order valence-corrected chi connectivity index (χ2v) is 5.60. The number of hydrogen-bond donors (Lipinski definition) is 2. The number of aromatic nitrogens is 1. The van der Waals surface area contributed by atoms with Crippen LogP contribution in [0.4, 0.5) is 4.39 Å². The Labute approximate surface area is 138 Å². The van der Waals surface area contributed by atoms with Gasteiger partial charge in [-0.25, -0.2) is 9.37 Å². The Bertz CT molecular complexity index is 753. The van der Waals surface area contributed by atoms with Gasteiger partial charge in [-0.05, 0) is 37.1 Å². The van der Waals surface area contributed by atoms with Crippen molar-refractivity contribution in [3.05, 3.63) is 47.9 Å². The van der Waals surface area contributed by atoms with Crippen LogP contribution in [-0.4, -0.2) is 45.2 Å². The molecule has 2 aromatic rings. The zero-order valence-corrected chi connectivity index (χ0v) is 12.9. The molecule has 1 aliphatic rings. The number of carbonyl (C=O) groups is 1. The first-order chi connectivity index (χ1) is 11.6. The maximum Gasteiger partial charge on any atom is 0.257 e. The van der Waals surface area contributed by atoms with Gasteiger partial charge in [0, 0.05) is 12.7 Å². The van der Waals surface area contributed by atoms with Gasteiger partial charge >= 0.3 is 0 Å². The highest BCUT2D eigenvalue weighted by molar-refractivity contribution is 5.97. The first-order valence-electron chi connectivity index (χ1n) is 7.63. The van der Waals surface area contributed by atoms with E-state index in [2.05, 4.69) is 4.98 Å². The van der Waals surface area contributed by atoms with Crippen molar-refractivity contribution in [3.63, 3.8) is 0 Å². The molecule has 0 saturated carbocycles. The molecule has 3 rings (SSSR count). The molecule has 2 heterocycles. The van der Waals surface area contributed by atoms with Gasteiger partial charge in [-0.2, -0.15) is 0 Å². The molecule has 1 aliphatic heterocycles. The van der Waals surface area contributed by atoms with Crippen molar-refractivity contribution in [3.8, 4) is 17.4 Å². The number of ether oxygens (including phenoxy) is 1. The van der Waals surface area contributed by atoms with Crippen LogP contribution in [0, 0.1) is 5.82 Å². The van der Waals surface area contributed by atoms with Crippen molar-refractivity contribution in [2.24, 2.45) is 0 Å². The molecule has 1 aromatic heterocycles. The molecule has 0 aliphatic carbocycles. The van der Waals surface area contributed by atoms with E-state index in [0.29, 0.717) is 19.4 Å². The third-order valence-electron chi connectivity index (χ3n) is 3.91. The molecule has 0 bridgehead atoms. The number of likely N-dealkylation sites (tertiary alicyclic amines) is 1. The molecular formula is C17H17FN2O4. The van der Waals surface area contributed by atoms with Crippen molar-refractivity contribution in [2.45, 2.75) is 18.9 Å². The van der Waals surface area contributed by atoms with Crippen molar-refractivity contribution in [1.82, 2.24) is 9.88 Å². The van der Waals surface area contributed by atoms with Crippen LogP contribution in [0.25, 0.3) is 0 Å². The average Bonchev–Trinajstić information content (AvgIpc) is 2.59. The number of amides is 1. The lowest BCUT2D eigenvalue weighted by Crippen LogP contribution is -2.44. The SMILES string of the molecule is O=C(c1cccc(O)c1O)N1CCCC(Oc2ncccc2F)C1. The number of aromatic hydroxyl groups is 2. The predicted octanol–water partition coefficient (Wildman–Crippen LogP) is 2.32. The van der Waals surface area contributed by atoms with Crippen LogP contribution >= 0.6 is 0 Å². The molecule has 7 heteroatoms. The third-order valence-corrected chi connectivity index (χ3v) is 3.91. The van der Waals surface area contributed by atoms with Crippen LogP contribution in [0.15, 0.2) is 36.5 Å². The van der Waals surface area contributed by atoms with E-state index >= 15 is 0 Å². The van der Waals surface area contributed by atoms with Gasteiger partial charge in [0.1, 0.15) is 6.10 Å². The standard InChI is InChI=1S/C17H17FN2O4/c18-13-6-2-8-19-16(13)24-11-4-3-9-20(10-11)17(23)12-5-1-7-14(21)15(12)22/h1-2,5-8,11,21-22H,3-4,9-10H2. The summed E-state index contributed by atoms with van der Waals surface area (Å²) >= 11 is 0. The van der Waals surface area contributed by atoms with Crippen LogP contribution in [-0.2, 0) is 0 Å². The topological polar surface area (TPSA) is 82.9 Å². The molecule has 1 amide bonds. The highest BCUT2D eigenvalue weighted by atomic mass is 19.1. The van der Waals surface area contributed by atoms with Gasteiger partial charge in [-0.1, -0.05) is 6.07 Å². The fourth-order valence-electron chi connectivity index (χ4n) is 2.71. The Hall–Kier alpha value is -2.83. The first-order valence-corrected chi connectivity index (χ1v) is 7.63. The quantitative estimate of drug-likeness (QED) is 0.843. The predicted molar refractivity (Wildman–Crippen MR) is 83.5 cm³/mol. The second kappa shape index (κ2) is 6.74. The van der Waals surface area contributed by atoms with Gasteiger partial charge in [0.15, 0.2) is 17.3 Å². The summed E-state index contributed by atoms with van der Waals surface area (Å²) in [5.41, 5.74) is 0.0275. The molecule has 1 atom stereocenters. The van der Waals surface area contributed by atoms with Gasteiger partial charge in [0.2, 0.25) is 0 Å². The van der Waals surface area contributed by atoms with Gasteiger partial charge in [-0.15, -0.1) is 0 Å². The first kappa shape index (κ1) is 16.0. The van der Waals surface area contributed by atoms with Crippen LogP contribution in [0.2, 0.25) is 0 Å². The van der Waals surface area contributed by atoms with E-state index in [-0.39, 0.29) is 29.8 Å². The number of carbonyl (C=O) groups excluding carboxylic acids is 1. The lowest BCUT2D eigenvalue weighted by molar-refractivity contribution is 0.0515. The summed E-state index contributed by atoms with van der Waals surface area (Å²) in [6.45, 7) is 0.752. The monoisotopic (exact) mass is 332 g/mol. The Morgan fingerprint density at radius 3 is 2.92 bits per heavy atom. The van der Waals surface area contributed by atoms with E-state index in [1.165, 1.54) is 41.4 Å². The summed E-state index contributed by atoms with van der Waals surface area (Å²) in [6, 6.07) is 6.98. The minimum atomic E-state index is -0.549. The molecule has 1 fully saturated rings. The van der Waals surface area contributed by atoms with Crippen LogP contribution in [0.1, 0.15) is 23.2 Å². The van der Waals surface area contributed by atoms with Crippen molar-refractivity contribution >= 4 is 5.91 Å². The minimum Gasteiger partial charge on any atom is -0.504 e. The number of nitrogens with zero attached hydrogens (tertiary/aromatic N) is 2. The lowest BCUT2D eigenvalue weighted by Gasteiger charge is -2.32. The summed E-state index contributed by atoms with van der Waals surface area (Å²) in [5, 5.41) is 19.4. The normalized spacial score (nSPS) is 17.5. The molecule has 1 saturated heterocycles. The molecule has 1 unspecified atom stereocenters. The number of phenolic OH excluding ortho intramolecular Hbond substituents is 2. The average molecular weight is 332 g/mol. The van der Waals surface area contributed by atoms with Gasteiger partial charge < -0.3 is 19.8 Å². The number of phenols is 2. The molecule has 0 radical (unpaired) electrons. The molecule has 126 valence electrons. The van der Waals surface area contributed by atoms with Crippen molar-refractivity contribution in [1.29, 1.82) is 0 Å². The third kappa shape index (κ3) is 3.24. The Kier molecular flexibility index (Phi) is 4.50. The minimum absolute atomic E-state index is 0.0275. The van der Waals surface area contributed by atoms with Gasteiger partial charge in [0.25, 0.3) is 11.8 Å². The molecular weight excluding hydrogens is 315 g/mol. The number of benzene rings is 1. The zero-order valence-electron chi connectivity index (χ0n) is 12.9. The van der Waals surface area contributed by atoms with E-state index in [4.69, 9.17) is 4.74 Å². The number of pyridine rings is 1. The molecule has 24 heavy (non-hydrogen) atoms. The summed E-state index contributed by atoms with van der Waals surface area (Å²) in [4.78, 5) is 17.9. The highest BCUT2D eigenvalue weighted by Gasteiger charge is 2.28. The van der Waals surface area contributed by atoms with E-state index in [1.807, 2.05) is 0 Å². The maximum absolute atomic E-state index is 13.6. The zero-order chi connectivity index (χ0) is 17.1. The fraction of sp³-hybridized carbons (Fsp3) is 0.294.